The van der Waals surface area contributed by atoms with Crippen LogP contribution in [0.2, 0.25) is 0 Å². The van der Waals surface area contributed by atoms with Gasteiger partial charge in [0.2, 0.25) is 0 Å². The van der Waals surface area contributed by atoms with Crippen LogP contribution in [0.25, 0.3) is 11.3 Å². The summed E-state index contributed by atoms with van der Waals surface area (Å²) in [5.74, 6) is -1.45. The van der Waals surface area contributed by atoms with E-state index in [1.54, 1.807) is 7.05 Å². The van der Waals surface area contributed by atoms with Crippen molar-refractivity contribution in [3.63, 3.8) is 0 Å². The van der Waals surface area contributed by atoms with Crippen LogP contribution in [0, 0.1) is 0 Å². The minimum atomic E-state index is -4.53. The van der Waals surface area contributed by atoms with Crippen LogP contribution in [-0.4, -0.2) is 42.0 Å². The van der Waals surface area contributed by atoms with Gasteiger partial charge in [-0.2, -0.15) is 18.3 Å². The number of alkyl halides is 3. The first kappa shape index (κ1) is 13.1. The minimum Gasteiger partial charge on any atom is -0.476 e. The molecule has 0 aliphatic rings. The van der Waals surface area contributed by atoms with Crippen LogP contribution in [0.5, 0.6) is 0 Å². The molecule has 0 unspecified atom stereocenters. The molecule has 0 aliphatic heterocycles. The molecule has 2 heterocycles. The van der Waals surface area contributed by atoms with Crippen molar-refractivity contribution in [1.29, 1.82) is 0 Å². The number of aromatic carboxylic acids is 1. The van der Waals surface area contributed by atoms with E-state index in [0.717, 1.165) is 0 Å². The molecule has 2 rings (SSSR count). The van der Waals surface area contributed by atoms with Crippen LogP contribution in [0.3, 0.4) is 0 Å². The summed E-state index contributed by atoms with van der Waals surface area (Å²) in [5.41, 5.74) is -0.565. The monoisotopic (exact) mass is 275 g/mol. The molecule has 1 N–H and O–H groups in total. The SMILES string of the molecule is Cn1cc(-c2c(C(=O)O)nnn2CC(F)(F)F)cn1. The Balaban J connectivity index is 2.54. The largest absolute Gasteiger partial charge is 0.476 e. The van der Waals surface area contributed by atoms with Crippen molar-refractivity contribution in [2.75, 3.05) is 0 Å². The number of carboxylic acid groups (broad SMARTS) is 1. The second-order valence-corrected chi connectivity index (χ2v) is 3.77. The molecule has 0 atom stereocenters. The Hall–Kier alpha value is -2.39. The predicted octanol–water partition coefficient (Wildman–Crippen LogP) is 0.939. The van der Waals surface area contributed by atoms with Gasteiger partial charge < -0.3 is 5.11 Å². The van der Waals surface area contributed by atoms with E-state index in [-0.39, 0.29) is 11.3 Å². The summed E-state index contributed by atoms with van der Waals surface area (Å²) >= 11 is 0. The average molecular weight is 275 g/mol. The highest BCUT2D eigenvalue weighted by Gasteiger charge is 2.32. The third kappa shape index (κ3) is 2.72. The lowest BCUT2D eigenvalue weighted by Crippen LogP contribution is -2.19. The fourth-order valence-corrected chi connectivity index (χ4v) is 1.57. The second kappa shape index (κ2) is 4.37. The zero-order valence-electron chi connectivity index (χ0n) is 9.59. The van der Waals surface area contributed by atoms with Gasteiger partial charge in [0.15, 0.2) is 5.69 Å². The van der Waals surface area contributed by atoms with E-state index in [0.29, 0.717) is 4.68 Å². The molecule has 0 amide bonds. The van der Waals surface area contributed by atoms with Crippen LogP contribution in [-0.2, 0) is 13.6 Å². The van der Waals surface area contributed by atoms with E-state index in [1.165, 1.54) is 17.1 Å². The highest BCUT2D eigenvalue weighted by Crippen LogP contribution is 2.25. The Kier molecular flexibility index (Phi) is 3.00. The molecule has 0 spiro atoms. The van der Waals surface area contributed by atoms with Crippen LogP contribution >= 0.6 is 0 Å². The Morgan fingerprint density at radius 1 is 1.47 bits per heavy atom. The van der Waals surface area contributed by atoms with Gasteiger partial charge in [0.1, 0.15) is 12.2 Å². The van der Waals surface area contributed by atoms with Crippen LogP contribution in [0.15, 0.2) is 12.4 Å². The lowest BCUT2D eigenvalue weighted by Gasteiger charge is -2.08. The Morgan fingerprint density at radius 3 is 2.63 bits per heavy atom. The molecule has 7 nitrogen and oxygen atoms in total. The molecule has 102 valence electrons. The molecule has 0 aromatic carbocycles. The van der Waals surface area contributed by atoms with Gasteiger partial charge in [-0.1, -0.05) is 5.21 Å². The van der Waals surface area contributed by atoms with Crippen molar-refractivity contribution in [3.8, 4) is 11.3 Å². The Bertz CT molecular complexity index is 616. The summed E-state index contributed by atoms with van der Waals surface area (Å²) in [6.45, 7) is -1.42. The first-order chi connectivity index (χ1) is 8.78. The van der Waals surface area contributed by atoms with Gasteiger partial charge in [-0.3, -0.25) is 4.68 Å². The quantitative estimate of drug-likeness (QED) is 0.900. The molecule has 0 aliphatic carbocycles. The lowest BCUT2D eigenvalue weighted by atomic mass is 10.2. The van der Waals surface area contributed by atoms with Gasteiger partial charge in [0, 0.05) is 18.8 Å². The van der Waals surface area contributed by atoms with Gasteiger partial charge >= 0.3 is 12.1 Å². The molecular weight excluding hydrogens is 267 g/mol. The van der Waals surface area contributed by atoms with Crippen molar-refractivity contribution >= 4 is 5.97 Å². The number of hydrogen-bond acceptors (Lipinski definition) is 4. The van der Waals surface area contributed by atoms with E-state index in [2.05, 4.69) is 15.4 Å². The molecule has 2 aromatic rings. The van der Waals surface area contributed by atoms with Crippen LogP contribution < -0.4 is 0 Å². The fourth-order valence-electron chi connectivity index (χ4n) is 1.57. The van der Waals surface area contributed by atoms with E-state index in [4.69, 9.17) is 5.11 Å². The first-order valence-corrected chi connectivity index (χ1v) is 5.00. The first-order valence-electron chi connectivity index (χ1n) is 5.00. The summed E-state index contributed by atoms with van der Waals surface area (Å²) in [5, 5.41) is 19.2. The minimum absolute atomic E-state index is 0.203. The number of rotatable bonds is 3. The zero-order chi connectivity index (χ0) is 14.2. The van der Waals surface area contributed by atoms with Crippen molar-refractivity contribution in [1.82, 2.24) is 24.8 Å². The molecule has 2 aromatic heterocycles. The van der Waals surface area contributed by atoms with Gasteiger partial charge in [-0.15, -0.1) is 5.10 Å². The smallest absolute Gasteiger partial charge is 0.408 e. The predicted molar refractivity (Wildman–Crippen MR) is 55.2 cm³/mol. The van der Waals surface area contributed by atoms with E-state index >= 15 is 0 Å². The average Bonchev–Trinajstić information content (AvgIpc) is 2.82. The molecule has 10 heteroatoms. The third-order valence-electron chi connectivity index (χ3n) is 2.25. The standard InChI is InChI=1S/C9H8F3N5O2/c1-16-3-5(2-13-16)7-6(8(18)19)14-15-17(7)4-9(10,11)12/h2-3H,4H2,1H3,(H,18,19). The highest BCUT2D eigenvalue weighted by molar-refractivity contribution is 5.92. The summed E-state index contributed by atoms with van der Waals surface area (Å²) in [6.07, 6.45) is -1.89. The molecule has 0 radical (unpaired) electrons. The number of nitrogens with zero attached hydrogens (tertiary/aromatic N) is 5. The molecule has 0 saturated carbocycles. The number of aromatic nitrogens is 5. The van der Waals surface area contributed by atoms with Crippen molar-refractivity contribution < 1.29 is 23.1 Å². The van der Waals surface area contributed by atoms with Gasteiger partial charge in [-0.05, 0) is 0 Å². The lowest BCUT2D eigenvalue weighted by molar-refractivity contribution is -0.142. The third-order valence-corrected chi connectivity index (χ3v) is 2.25. The van der Waals surface area contributed by atoms with Crippen LogP contribution in [0.1, 0.15) is 10.5 Å². The molecular formula is C9H8F3N5O2. The summed E-state index contributed by atoms with van der Waals surface area (Å²) < 4.78 is 39.0. The Labute approximate surface area is 104 Å². The summed E-state index contributed by atoms with van der Waals surface area (Å²) in [7, 11) is 1.56. The number of aryl methyl sites for hydroxylation is 1. The van der Waals surface area contributed by atoms with Gasteiger partial charge in [0.05, 0.1) is 6.20 Å². The van der Waals surface area contributed by atoms with Crippen molar-refractivity contribution in [2.24, 2.45) is 7.05 Å². The maximum Gasteiger partial charge on any atom is 0.408 e. The van der Waals surface area contributed by atoms with Crippen LogP contribution in [0.4, 0.5) is 13.2 Å². The number of hydrogen-bond donors (Lipinski definition) is 1. The molecule has 0 fully saturated rings. The number of halogens is 3. The zero-order valence-corrected chi connectivity index (χ0v) is 9.59. The summed E-state index contributed by atoms with van der Waals surface area (Å²) in [6, 6.07) is 0. The number of carbonyl (C=O) groups is 1. The second-order valence-electron chi connectivity index (χ2n) is 3.77. The maximum absolute atomic E-state index is 12.4. The molecule has 0 saturated heterocycles. The highest BCUT2D eigenvalue weighted by atomic mass is 19.4. The maximum atomic E-state index is 12.4. The Morgan fingerprint density at radius 2 is 2.16 bits per heavy atom. The topological polar surface area (TPSA) is 85.8 Å². The van der Waals surface area contributed by atoms with E-state index < -0.39 is 24.4 Å². The number of carboxylic acids is 1. The van der Waals surface area contributed by atoms with E-state index in [1.807, 2.05) is 0 Å². The fraction of sp³-hybridized carbons (Fsp3) is 0.333. The van der Waals surface area contributed by atoms with Crippen molar-refractivity contribution in [2.45, 2.75) is 12.7 Å². The normalized spacial score (nSPS) is 11.8. The van der Waals surface area contributed by atoms with Crippen molar-refractivity contribution in [3.05, 3.63) is 18.1 Å². The van der Waals surface area contributed by atoms with Gasteiger partial charge in [-0.25, -0.2) is 9.48 Å². The van der Waals surface area contributed by atoms with E-state index in [9.17, 15) is 18.0 Å². The summed E-state index contributed by atoms with van der Waals surface area (Å²) in [4.78, 5) is 11.0. The van der Waals surface area contributed by atoms with Gasteiger partial charge in [0.25, 0.3) is 0 Å². The molecule has 19 heavy (non-hydrogen) atoms. The molecule has 0 bridgehead atoms.